The van der Waals surface area contributed by atoms with E-state index in [4.69, 9.17) is 5.11 Å². The van der Waals surface area contributed by atoms with Crippen LogP contribution in [0.3, 0.4) is 0 Å². The number of carbonyl (C=O) groups excluding carboxylic acids is 1. The van der Waals surface area contributed by atoms with Gasteiger partial charge in [-0.2, -0.15) is 0 Å². The third-order valence-corrected chi connectivity index (χ3v) is 4.18. The van der Waals surface area contributed by atoms with Crippen LogP contribution in [-0.4, -0.2) is 36.9 Å². The molecular weight excluding hydrogens is 282 g/mol. The first-order valence-corrected chi connectivity index (χ1v) is 7.89. The minimum absolute atomic E-state index is 0.307. The highest BCUT2D eigenvalue weighted by Gasteiger charge is 2.19. The Hall–Kier alpha value is -1.89. The summed E-state index contributed by atoms with van der Waals surface area (Å²) in [6.45, 7) is 1.75. The van der Waals surface area contributed by atoms with Crippen molar-refractivity contribution in [2.24, 2.45) is 0 Å². The standard InChI is InChI=1S/C13H17NO5S/c1-10(11-5-3-2-4-6-11)14-12(15)9-20(18,19)8-7-13(16)17/h2-6,10H,7-9H2,1H3,(H,14,15)(H,16,17). The lowest BCUT2D eigenvalue weighted by molar-refractivity contribution is -0.136. The molecule has 0 aromatic heterocycles. The minimum atomic E-state index is -3.70. The molecule has 0 saturated heterocycles. The van der Waals surface area contributed by atoms with Crippen LogP contribution < -0.4 is 5.32 Å². The van der Waals surface area contributed by atoms with Crippen molar-refractivity contribution in [2.75, 3.05) is 11.5 Å². The molecule has 110 valence electrons. The molecule has 0 spiro atoms. The van der Waals surface area contributed by atoms with Gasteiger partial charge in [-0.25, -0.2) is 8.42 Å². The number of nitrogens with one attached hydrogen (secondary N) is 1. The van der Waals surface area contributed by atoms with Crippen LogP contribution in [-0.2, 0) is 19.4 Å². The number of carboxylic acids is 1. The number of hydrogen-bond donors (Lipinski definition) is 2. The summed E-state index contributed by atoms with van der Waals surface area (Å²) in [7, 11) is -3.70. The van der Waals surface area contributed by atoms with Crippen LogP contribution in [0.15, 0.2) is 30.3 Å². The largest absolute Gasteiger partial charge is 0.481 e. The van der Waals surface area contributed by atoms with Crippen molar-refractivity contribution in [3.63, 3.8) is 0 Å². The van der Waals surface area contributed by atoms with Gasteiger partial charge in [0.2, 0.25) is 5.91 Å². The first-order valence-electron chi connectivity index (χ1n) is 6.07. The van der Waals surface area contributed by atoms with Gasteiger partial charge in [0.1, 0.15) is 5.75 Å². The van der Waals surface area contributed by atoms with Gasteiger partial charge in [-0.15, -0.1) is 0 Å². The molecule has 1 aromatic carbocycles. The van der Waals surface area contributed by atoms with Gasteiger partial charge < -0.3 is 10.4 Å². The zero-order valence-electron chi connectivity index (χ0n) is 11.1. The number of benzene rings is 1. The van der Waals surface area contributed by atoms with Crippen molar-refractivity contribution < 1.29 is 23.1 Å². The molecule has 0 radical (unpaired) electrons. The molecule has 1 aromatic rings. The van der Waals surface area contributed by atoms with Crippen molar-refractivity contribution in [1.29, 1.82) is 0 Å². The normalized spacial score (nSPS) is 12.7. The molecule has 2 N–H and O–H groups in total. The van der Waals surface area contributed by atoms with E-state index in [-0.39, 0.29) is 6.04 Å². The lowest BCUT2D eigenvalue weighted by Crippen LogP contribution is -2.33. The topological polar surface area (TPSA) is 101 Å². The van der Waals surface area contributed by atoms with Crippen LogP contribution >= 0.6 is 0 Å². The van der Waals surface area contributed by atoms with Gasteiger partial charge in [-0.1, -0.05) is 30.3 Å². The van der Waals surface area contributed by atoms with Gasteiger partial charge in [0.25, 0.3) is 0 Å². The third-order valence-electron chi connectivity index (χ3n) is 2.66. The van der Waals surface area contributed by atoms with Crippen LogP contribution in [0.1, 0.15) is 24.9 Å². The van der Waals surface area contributed by atoms with Crippen LogP contribution in [0.25, 0.3) is 0 Å². The Morgan fingerprint density at radius 2 is 1.85 bits per heavy atom. The minimum Gasteiger partial charge on any atom is -0.481 e. The highest BCUT2D eigenvalue weighted by molar-refractivity contribution is 7.92. The average Bonchev–Trinajstić information content (AvgIpc) is 2.37. The van der Waals surface area contributed by atoms with E-state index in [0.717, 1.165) is 5.56 Å². The number of sulfone groups is 1. The highest BCUT2D eigenvalue weighted by atomic mass is 32.2. The molecule has 1 rings (SSSR count). The molecule has 7 heteroatoms. The Balaban J connectivity index is 2.53. The summed E-state index contributed by atoms with van der Waals surface area (Å²) in [6, 6.07) is 8.82. The maximum atomic E-state index is 11.6. The van der Waals surface area contributed by atoms with Gasteiger partial charge in [0.05, 0.1) is 18.2 Å². The Kier molecular flexibility index (Phi) is 5.69. The van der Waals surface area contributed by atoms with E-state index in [1.165, 1.54) is 0 Å². The maximum Gasteiger partial charge on any atom is 0.304 e. The number of amides is 1. The van der Waals surface area contributed by atoms with Crippen molar-refractivity contribution in [3.05, 3.63) is 35.9 Å². The van der Waals surface area contributed by atoms with E-state index in [1.807, 2.05) is 30.3 Å². The fourth-order valence-electron chi connectivity index (χ4n) is 1.62. The second kappa shape index (κ2) is 7.04. The molecule has 1 unspecified atom stereocenters. The van der Waals surface area contributed by atoms with Crippen molar-refractivity contribution >= 4 is 21.7 Å². The predicted octanol–water partition coefficient (Wildman–Crippen LogP) is 0.753. The smallest absolute Gasteiger partial charge is 0.304 e. The van der Waals surface area contributed by atoms with E-state index >= 15 is 0 Å². The molecule has 6 nitrogen and oxygen atoms in total. The average molecular weight is 299 g/mol. The number of rotatable bonds is 7. The predicted molar refractivity (Wildman–Crippen MR) is 73.9 cm³/mol. The summed E-state index contributed by atoms with van der Waals surface area (Å²) in [4.78, 5) is 22.0. The van der Waals surface area contributed by atoms with Gasteiger partial charge >= 0.3 is 5.97 Å². The van der Waals surface area contributed by atoms with Crippen LogP contribution in [0, 0.1) is 0 Å². The summed E-state index contributed by atoms with van der Waals surface area (Å²) < 4.78 is 23.1. The van der Waals surface area contributed by atoms with Gasteiger partial charge in [0.15, 0.2) is 9.84 Å². The fourth-order valence-corrected chi connectivity index (χ4v) is 2.74. The SMILES string of the molecule is CC(NC(=O)CS(=O)(=O)CCC(=O)O)c1ccccc1. The third kappa shape index (κ3) is 5.83. The lowest BCUT2D eigenvalue weighted by Gasteiger charge is -2.14. The molecular formula is C13H17NO5S. The number of hydrogen-bond acceptors (Lipinski definition) is 4. The Bertz CT molecular complexity index is 568. The van der Waals surface area contributed by atoms with Crippen molar-refractivity contribution in [3.8, 4) is 0 Å². The monoisotopic (exact) mass is 299 g/mol. The molecule has 0 aliphatic rings. The first-order chi connectivity index (χ1) is 9.30. The molecule has 0 heterocycles. The van der Waals surface area contributed by atoms with Crippen LogP contribution in [0.4, 0.5) is 0 Å². The van der Waals surface area contributed by atoms with E-state index in [9.17, 15) is 18.0 Å². The molecule has 0 aliphatic heterocycles. The zero-order chi connectivity index (χ0) is 15.2. The van der Waals surface area contributed by atoms with E-state index in [2.05, 4.69) is 5.32 Å². The number of carbonyl (C=O) groups is 2. The maximum absolute atomic E-state index is 11.6. The number of aliphatic carboxylic acids is 1. The highest BCUT2D eigenvalue weighted by Crippen LogP contribution is 2.11. The quantitative estimate of drug-likeness (QED) is 0.774. The molecule has 0 saturated carbocycles. The van der Waals surface area contributed by atoms with E-state index in [0.29, 0.717) is 0 Å². The van der Waals surface area contributed by atoms with Crippen LogP contribution in [0.5, 0.6) is 0 Å². The Labute approximate surface area is 117 Å². The summed E-state index contributed by atoms with van der Waals surface area (Å²) in [5.41, 5.74) is 0.865. The second-order valence-corrected chi connectivity index (χ2v) is 6.62. The van der Waals surface area contributed by atoms with Crippen molar-refractivity contribution in [1.82, 2.24) is 5.32 Å². The summed E-state index contributed by atoms with van der Waals surface area (Å²) in [5, 5.41) is 11.0. The second-order valence-electron chi connectivity index (χ2n) is 4.44. The molecule has 0 aliphatic carbocycles. The first kappa shape index (κ1) is 16.2. The molecule has 20 heavy (non-hydrogen) atoms. The Morgan fingerprint density at radius 1 is 1.25 bits per heavy atom. The zero-order valence-corrected chi connectivity index (χ0v) is 11.9. The van der Waals surface area contributed by atoms with Gasteiger partial charge in [-0.05, 0) is 12.5 Å². The van der Waals surface area contributed by atoms with E-state index < -0.39 is 39.6 Å². The lowest BCUT2D eigenvalue weighted by atomic mass is 10.1. The van der Waals surface area contributed by atoms with E-state index in [1.54, 1.807) is 6.92 Å². The Morgan fingerprint density at radius 3 is 2.40 bits per heavy atom. The molecule has 1 amide bonds. The molecule has 1 atom stereocenters. The summed E-state index contributed by atoms with van der Waals surface area (Å²) in [6.07, 6.45) is -0.496. The summed E-state index contributed by atoms with van der Waals surface area (Å²) in [5.74, 6) is -3.06. The molecule has 0 bridgehead atoms. The number of carboxylic acid groups (broad SMARTS) is 1. The fraction of sp³-hybridized carbons (Fsp3) is 0.385. The molecule has 0 fully saturated rings. The van der Waals surface area contributed by atoms with Gasteiger partial charge in [0, 0.05) is 0 Å². The van der Waals surface area contributed by atoms with Crippen molar-refractivity contribution in [2.45, 2.75) is 19.4 Å². The van der Waals surface area contributed by atoms with Gasteiger partial charge in [-0.3, -0.25) is 9.59 Å². The summed E-state index contributed by atoms with van der Waals surface area (Å²) >= 11 is 0. The van der Waals surface area contributed by atoms with Crippen LogP contribution in [0.2, 0.25) is 0 Å².